The second kappa shape index (κ2) is 11.4. The number of rotatable bonds is 11. The fraction of sp³-hybridized carbons (Fsp3) is 0.364. The summed E-state index contributed by atoms with van der Waals surface area (Å²) in [5.74, 6) is -1.41. The first-order valence-corrected chi connectivity index (χ1v) is 11.9. The zero-order valence-electron chi connectivity index (χ0n) is 18.2. The Kier molecular flexibility index (Phi) is 9.22. The van der Waals surface area contributed by atoms with Crippen molar-refractivity contribution in [2.75, 3.05) is 13.2 Å². The van der Waals surface area contributed by atoms with Crippen LogP contribution in [0.5, 0.6) is 0 Å². The van der Waals surface area contributed by atoms with Gasteiger partial charge in [-0.05, 0) is 49.2 Å². The van der Waals surface area contributed by atoms with Crippen LogP contribution in [0.25, 0.3) is 0 Å². The normalized spacial score (nSPS) is 12.9. The van der Waals surface area contributed by atoms with Gasteiger partial charge in [0.15, 0.2) is 0 Å². The molecule has 11 heteroatoms. The van der Waals surface area contributed by atoms with Gasteiger partial charge in [0, 0.05) is 12.0 Å². The third-order valence-corrected chi connectivity index (χ3v) is 6.67. The van der Waals surface area contributed by atoms with Gasteiger partial charge in [0.05, 0.1) is 24.9 Å². The van der Waals surface area contributed by atoms with Crippen molar-refractivity contribution in [2.45, 2.75) is 38.6 Å². The van der Waals surface area contributed by atoms with Crippen LogP contribution in [0.1, 0.15) is 40.9 Å². The molecule has 0 radical (unpaired) electrons. The van der Waals surface area contributed by atoms with E-state index in [9.17, 15) is 27.3 Å². The van der Waals surface area contributed by atoms with Crippen LogP contribution in [0.4, 0.5) is 13.2 Å². The Labute approximate surface area is 190 Å². The molecule has 0 saturated heterocycles. The van der Waals surface area contributed by atoms with E-state index in [0.29, 0.717) is 11.1 Å². The number of alkyl halides is 3. The SMILES string of the molecule is CCOP(=O)(Cc1ccc(C(=O)N[C@@H](Cc2ccc(C(F)(F)F)cc2)C(N)=O)cc1)OCC. The van der Waals surface area contributed by atoms with Crippen molar-refractivity contribution in [2.24, 2.45) is 5.73 Å². The topological polar surface area (TPSA) is 108 Å². The first-order valence-electron chi connectivity index (χ1n) is 10.2. The van der Waals surface area contributed by atoms with Crippen LogP contribution < -0.4 is 11.1 Å². The summed E-state index contributed by atoms with van der Waals surface area (Å²) in [6.07, 6.45) is -4.50. The van der Waals surface area contributed by atoms with Crippen molar-refractivity contribution in [3.63, 3.8) is 0 Å². The van der Waals surface area contributed by atoms with Gasteiger partial charge in [0.25, 0.3) is 5.91 Å². The molecular formula is C22H26F3N2O5P. The van der Waals surface area contributed by atoms with Crippen molar-refractivity contribution in [1.29, 1.82) is 0 Å². The highest BCUT2D eigenvalue weighted by Crippen LogP contribution is 2.51. The molecule has 2 amide bonds. The standard InChI is InChI=1S/C22H26F3N2O5P/c1-3-31-33(30,32-4-2)14-16-5-9-17(10-6-16)21(29)27-19(20(26)28)13-15-7-11-18(12-8-15)22(23,24)25/h5-12,19H,3-4,13-14H2,1-2H3,(H2,26,28)(H,27,29)/t19-/m0/s1. The maximum Gasteiger partial charge on any atom is 0.416 e. The first-order chi connectivity index (χ1) is 15.5. The van der Waals surface area contributed by atoms with E-state index in [1.165, 1.54) is 24.3 Å². The number of nitrogens with two attached hydrogens (primary N) is 1. The molecule has 0 bridgehead atoms. The van der Waals surface area contributed by atoms with Crippen molar-refractivity contribution >= 4 is 19.4 Å². The van der Waals surface area contributed by atoms with E-state index in [1.54, 1.807) is 26.0 Å². The number of primary amides is 1. The zero-order valence-corrected chi connectivity index (χ0v) is 19.1. The molecule has 0 aliphatic carbocycles. The Morgan fingerprint density at radius 1 is 0.970 bits per heavy atom. The first kappa shape index (κ1) is 26.6. The molecule has 33 heavy (non-hydrogen) atoms. The number of hydrogen-bond acceptors (Lipinski definition) is 5. The molecule has 3 N–H and O–H groups in total. The fourth-order valence-electron chi connectivity index (χ4n) is 3.04. The summed E-state index contributed by atoms with van der Waals surface area (Å²) in [5.41, 5.74) is 5.81. The molecule has 7 nitrogen and oxygen atoms in total. The molecule has 1 atom stereocenters. The van der Waals surface area contributed by atoms with E-state index < -0.39 is 37.2 Å². The maximum atomic E-state index is 12.7. The molecule has 0 spiro atoms. The molecular weight excluding hydrogens is 460 g/mol. The number of carbonyl (C=O) groups is 2. The lowest BCUT2D eigenvalue weighted by Gasteiger charge is -2.18. The van der Waals surface area contributed by atoms with Crippen LogP contribution >= 0.6 is 7.60 Å². The van der Waals surface area contributed by atoms with Crippen LogP contribution in [0.2, 0.25) is 0 Å². The van der Waals surface area contributed by atoms with Gasteiger partial charge < -0.3 is 20.1 Å². The van der Waals surface area contributed by atoms with Gasteiger partial charge >= 0.3 is 13.8 Å². The van der Waals surface area contributed by atoms with Gasteiger partial charge in [0.1, 0.15) is 6.04 Å². The van der Waals surface area contributed by atoms with E-state index in [4.69, 9.17) is 14.8 Å². The van der Waals surface area contributed by atoms with Crippen molar-refractivity contribution < 1.29 is 36.4 Å². The van der Waals surface area contributed by atoms with Crippen LogP contribution in [0, 0.1) is 0 Å². The summed E-state index contributed by atoms with van der Waals surface area (Å²) in [7, 11) is -3.30. The van der Waals surface area contributed by atoms with E-state index in [2.05, 4.69) is 5.32 Å². The molecule has 0 aliphatic rings. The zero-order chi connectivity index (χ0) is 24.6. The average molecular weight is 486 g/mol. The summed E-state index contributed by atoms with van der Waals surface area (Å²) < 4.78 is 61.3. The van der Waals surface area contributed by atoms with Crippen LogP contribution in [-0.4, -0.2) is 31.1 Å². The summed E-state index contributed by atoms with van der Waals surface area (Å²) in [4.78, 5) is 24.4. The summed E-state index contributed by atoms with van der Waals surface area (Å²) in [5, 5.41) is 2.49. The Hall–Kier alpha value is -2.68. The number of hydrogen-bond donors (Lipinski definition) is 2. The Morgan fingerprint density at radius 2 is 1.48 bits per heavy atom. The van der Waals surface area contributed by atoms with Crippen LogP contribution in [-0.2, 0) is 37.2 Å². The summed E-state index contributed by atoms with van der Waals surface area (Å²) in [6, 6.07) is 9.30. The number of nitrogens with one attached hydrogen (secondary N) is 1. The van der Waals surface area contributed by atoms with Gasteiger partial charge in [-0.15, -0.1) is 0 Å². The van der Waals surface area contributed by atoms with Crippen molar-refractivity contribution in [3.8, 4) is 0 Å². The molecule has 2 aromatic rings. The molecule has 0 aromatic heterocycles. The number of carbonyl (C=O) groups excluding carboxylic acids is 2. The Bertz CT molecular complexity index is 985. The molecule has 2 aromatic carbocycles. The Morgan fingerprint density at radius 3 is 1.94 bits per heavy atom. The van der Waals surface area contributed by atoms with Crippen LogP contribution in [0.15, 0.2) is 48.5 Å². The third-order valence-electron chi connectivity index (χ3n) is 4.61. The van der Waals surface area contributed by atoms with Gasteiger partial charge in [-0.3, -0.25) is 14.2 Å². The molecule has 180 valence electrons. The lowest BCUT2D eigenvalue weighted by molar-refractivity contribution is -0.137. The highest BCUT2D eigenvalue weighted by Gasteiger charge is 2.30. The van der Waals surface area contributed by atoms with Gasteiger partial charge in [0.2, 0.25) is 5.91 Å². The second-order valence-corrected chi connectivity index (χ2v) is 9.18. The minimum Gasteiger partial charge on any atom is -0.368 e. The van der Waals surface area contributed by atoms with Gasteiger partial charge in [-0.25, -0.2) is 0 Å². The number of amides is 2. The molecule has 0 fully saturated rings. The van der Waals surface area contributed by atoms with Gasteiger partial charge in [-0.1, -0.05) is 24.3 Å². The van der Waals surface area contributed by atoms with Crippen molar-refractivity contribution in [1.82, 2.24) is 5.32 Å². The predicted octanol–water partition coefficient (Wildman–Crippen LogP) is 4.30. The molecule has 0 aliphatic heterocycles. The van der Waals surface area contributed by atoms with E-state index in [-0.39, 0.29) is 31.4 Å². The number of benzene rings is 2. The predicted molar refractivity (Wildman–Crippen MR) is 117 cm³/mol. The summed E-state index contributed by atoms with van der Waals surface area (Å²) in [6.45, 7) is 3.87. The minimum absolute atomic E-state index is 0.0361. The molecule has 2 rings (SSSR count). The Balaban J connectivity index is 2.06. The highest BCUT2D eigenvalue weighted by atomic mass is 31.2. The lowest BCUT2D eigenvalue weighted by atomic mass is 10.0. The van der Waals surface area contributed by atoms with Gasteiger partial charge in [-0.2, -0.15) is 13.2 Å². The smallest absolute Gasteiger partial charge is 0.368 e. The largest absolute Gasteiger partial charge is 0.416 e. The maximum absolute atomic E-state index is 12.7. The molecule has 0 heterocycles. The number of halogens is 3. The highest BCUT2D eigenvalue weighted by molar-refractivity contribution is 7.53. The second-order valence-electron chi connectivity index (χ2n) is 7.13. The quantitative estimate of drug-likeness (QED) is 0.461. The third kappa shape index (κ3) is 7.99. The fourth-order valence-corrected chi connectivity index (χ4v) is 4.74. The summed E-state index contributed by atoms with van der Waals surface area (Å²) >= 11 is 0. The lowest BCUT2D eigenvalue weighted by Crippen LogP contribution is -2.45. The van der Waals surface area contributed by atoms with E-state index in [0.717, 1.165) is 12.1 Å². The minimum atomic E-state index is -4.47. The van der Waals surface area contributed by atoms with Crippen molar-refractivity contribution in [3.05, 3.63) is 70.8 Å². The average Bonchev–Trinajstić information content (AvgIpc) is 2.73. The monoisotopic (exact) mass is 486 g/mol. The molecule has 0 unspecified atom stereocenters. The van der Waals surface area contributed by atoms with E-state index >= 15 is 0 Å². The molecule has 0 saturated carbocycles. The van der Waals surface area contributed by atoms with Crippen LogP contribution in [0.3, 0.4) is 0 Å². The van der Waals surface area contributed by atoms with E-state index in [1.807, 2.05) is 0 Å².